The highest BCUT2D eigenvalue weighted by atomic mass is 35.5. The van der Waals surface area contributed by atoms with Gasteiger partial charge in [0.15, 0.2) is 5.78 Å². The van der Waals surface area contributed by atoms with E-state index in [4.69, 9.17) is 15.8 Å². The van der Waals surface area contributed by atoms with Gasteiger partial charge in [-0.3, -0.25) is 4.79 Å². The number of ketones is 1. The van der Waals surface area contributed by atoms with Crippen molar-refractivity contribution in [1.82, 2.24) is 0 Å². The zero-order valence-corrected chi connectivity index (χ0v) is 20.0. The molecule has 0 aliphatic rings. The average molecular weight is 495 g/mol. The second kappa shape index (κ2) is 9.83. The van der Waals surface area contributed by atoms with Crippen molar-refractivity contribution in [1.29, 1.82) is 0 Å². The Morgan fingerprint density at radius 2 is 1.48 bits per heavy atom. The van der Waals surface area contributed by atoms with Crippen LogP contribution in [0.1, 0.15) is 21.5 Å². The van der Waals surface area contributed by atoms with Gasteiger partial charge in [0.05, 0.1) is 5.02 Å². The highest BCUT2D eigenvalue weighted by Crippen LogP contribution is 2.35. The first-order chi connectivity index (χ1) is 15.8. The van der Waals surface area contributed by atoms with Crippen molar-refractivity contribution in [2.24, 2.45) is 0 Å². The maximum Gasteiger partial charge on any atom is 0.339 e. The lowest BCUT2D eigenvalue weighted by Gasteiger charge is -2.09. The van der Waals surface area contributed by atoms with Crippen molar-refractivity contribution >= 4 is 39.3 Å². The van der Waals surface area contributed by atoms with E-state index in [-0.39, 0.29) is 16.4 Å². The van der Waals surface area contributed by atoms with E-state index in [9.17, 15) is 13.2 Å². The van der Waals surface area contributed by atoms with Crippen molar-refractivity contribution in [3.05, 3.63) is 119 Å². The summed E-state index contributed by atoms with van der Waals surface area (Å²) in [5.41, 5.74) is 2.08. The maximum atomic E-state index is 12.6. The Kier molecular flexibility index (Phi) is 6.88. The molecule has 4 aromatic rings. The Bertz CT molecular complexity index is 1380. The number of aryl methyl sites for hydroxylation is 1. The molecule has 166 valence electrons. The van der Waals surface area contributed by atoms with Crippen LogP contribution in [0.3, 0.4) is 0 Å². The summed E-state index contributed by atoms with van der Waals surface area (Å²) in [6.07, 6.45) is 0. The molecular weight excluding hydrogens is 476 g/mol. The van der Waals surface area contributed by atoms with Crippen LogP contribution in [0.25, 0.3) is 0 Å². The van der Waals surface area contributed by atoms with E-state index in [1.54, 1.807) is 66.7 Å². The summed E-state index contributed by atoms with van der Waals surface area (Å²) in [6, 6.07) is 27.4. The van der Waals surface area contributed by atoms with Crippen LogP contribution in [0.2, 0.25) is 5.02 Å². The molecule has 0 N–H and O–H groups in total. The Labute approximate surface area is 202 Å². The topological polar surface area (TPSA) is 60.4 Å². The Morgan fingerprint density at radius 1 is 0.818 bits per heavy atom. The number of hydrogen-bond donors (Lipinski definition) is 0. The lowest BCUT2D eigenvalue weighted by Crippen LogP contribution is -2.09. The van der Waals surface area contributed by atoms with Crippen LogP contribution in [-0.2, 0) is 10.1 Å². The van der Waals surface area contributed by atoms with Gasteiger partial charge in [-0.25, -0.2) is 0 Å². The first-order valence-electron chi connectivity index (χ1n) is 10.0. The third kappa shape index (κ3) is 5.66. The summed E-state index contributed by atoms with van der Waals surface area (Å²) in [5.74, 6) is 0.125. The fourth-order valence-corrected chi connectivity index (χ4v) is 5.10. The highest BCUT2D eigenvalue weighted by Gasteiger charge is 2.16. The smallest absolute Gasteiger partial charge is 0.339 e. The van der Waals surface area contributed by atoms with Crippen LogP contribution < -0.4 is 4.18 Å². The van der Waals surface area contributed by atoms with Gasteiger partial charge in [-0.2, -0.15) is 8.42 Å². The minimum absolute atomic E-state index is 0.0923. The van der Waals surface area contributed by atoms with Crippen LogP contribution >= 0.6 is 23.4 Å². The van der Waals surface area contributed by atoms with E-state index >= 15 is 0 Å². The standard InChI is InChI=1S/C26H19ClO4S2/c1-18-7-14-23(15-8-18)33(29,30)31-21-10-12-22(13-11-21)32-25-16-9-20(17-24(25)27)26(28)19-5-3-2-4-6-19/h2-17H,1H3. The second-order valence-corrected chi connectivity index (χ2v) is 10.3. The molecule has 0 atom stereocenters. The van der Waals surface area contributed by atoms with Gasteiger partial charge in [0.2, 0.25) is 0 Å². The molecule has 0 fully saturated rings. The molecule has 0 aliphatic carbocycles. The molecule has 4 rings (SSSR count). The molecule has 0 aliphatic heterocycles. The first kappa shape index (κ1) is 23.1. The van der Waals surface area contributed by atoms with Gasteiger partial charge >= 0.3 is 10.1 Å². The fraction of sp³-hybridized carbons (Fsp3) is 0.0385. The minimum atomic E-state index is -3.90. The van der Waals surface area contributed by atoms with Crippen molar-refractivity contribution in [3.8, 4) is 5.75 Å². The largest absolute Gasteiger partial charge is 0.379 e. The molecule has 0 saturated heterocycles. The molecule has 0 bridgehead atoms. The SMILES string of the molecule is Cc1ccc(S(=O)(=O)Oc2ccc(Sc3ccc(C(=O)c4ccccc4)cc3Cl)cc2)cc1. The van der Waals surface area contributed by atoms with Gasteiger partial charge in [0.1, 0.15) is 10.6 Å². The predicted molar refractivity (Wildman–Crippen MR) is 131 cm³/mol. The minimum Gasteiger partial charge on any atom is -0.379 e. The molecule has 7 heteroatoms. The van der Waals surface area contributed by atoms with E-state index in [0.717, 1.165) is 15.4 Å². The number of carbonyl (C=O) groups excluding carboxylic acids is 1. The van der Waals surface area contributed by atoms with E-state index < -0.39 is 10.1 Å². The van der Waals surface area contributed by atoms with Gasteiger partial charge in [0, 0.05) is 20.9 Å². The molecule has 4 aromatic carbocycles. The molecule has 33 heavy (non-hydrogen) atoms. The molecule has 0 saturated carbocycles. The van der Waals surface area contributed by atoms with Crippen molar-refractivity contribution in [3.63, 3.8) is 0 Å². The average Bonchev–Trinajstić information content (AvgIpc) is 2.82. The lowest BCUT2D eigenvalue weighted by molar-refractivity contribution is 0.103. The summed E-state index contributed by atoms with van der Waals surface area (Å²) >= 11 is 7.84. The molecule has 0 amide bonds. The van der Waals surface area contributed by atoms with Gasteiger partial charge in [-0.05, 0) is 61.5 Å². The summed E-state index contributed by atoms with van der Waals surface area (Å²) in [7, 11) is -3.90. The molecular formula is C26H19ClO4S2. The number of halogens is 1. The van der Waals surface area contributed by atoms with Crippen LogP contribution in [0.5, 0.6) is 5.75 Å². The van der Waals surface area contributed by atoms with Crippen molar-refractivity contribution in [2.45, 2.75) is 21.6 Å². The predicted octanol–water partition coefficient (Wildman–Crippen LogP) is 6.80. The zero-order chi connectivity index (χ0) is 23.4. The van der Waals surface area contributed by atoms with E-state index in [2.05, 4.69) is 0 Å². The number of carbonyl (C=O) groups is 1. The summed E-state index contributed by atoms with van der Waals surface area (Å²) < 4.78 is 30.1. The molecule has 0 spiro atoms. The Morgan fingerprint density at radius 3 is 2.12 bits per heavy atom. The molecule has 0 radical (unpaired) electrons. The monoisotopic (exact) mass is 494 g/mol. The van der Waals surface area contributed by atoms with Gasteiger partial charge in [-0.15, -0.1) is 0 Å². The van der Waals surface area contributed by atoms with E-state index in [0.29, 0.717) is 16.1 Å². The Balaban J connectivity index is 1.46. The molecule has 4 nitrogen and oxygen atoms in total. The number of hydrogen-bond acceptors (Lipinski definition) is 5. The molecule has 0 heterocycles. The van der Waals surface area contributed by atoms with Gasteiger partial charge < -0.3 is 4.18 Å². The first-order valence-corrected chi connectivity index (χ1v) is 12.6. The lowest BCUT2D eigenvalue weighted by atomic mass is 10.0. The third-order valence-corrected chi connectivity index (χ3v) is 7.57. The normalized spacial score (nSPS) is 11.2. The summed E-state index contributed by atoms with van der Waals surface area (Å²) in [5, 5.41) is 0.462. The number of rotatable bonds is 7. The fourth-order valence-electron chi connectivity index (χ4n) is 3.05. The Hall–Kier alpha value is -3.06. The van der Waals surface area contributed by atoms with Gasteiger partial charge in [-0.1, -0.05) is 71.4 Å². The van der Waals surface area contributed by atoms with Crippen LogP contribution in [0.4, 0.5) is 0 Å². The molecule has 0 aromatic heterocycles. The quantitative estimate of drug-likeness (QED) is 0.209. The highest BCUT2D eigenvalue weighted by molar-refractivity contribution is 7.99. The van der Waals surface area contributed by atoms with E-state index in [1.165, 1.54) is 23.9 Å². The van der Waals surface area contributed by atoms with Gasteiger partial charge in [0.25, 0.3) is 0 Å². The zero-order valence-electron chi connectivity index (χ0n) is 17.6. The second-order valence-electron chi connectivity index (χ2n) is 7.26. The number of benzene rings is 4. The summed E-state index contributed by atoms with van der Waals surface area (Å²) in [6.45, 7) is 1.88. The van der Waals surface area contributed by atoms with Crippen molar-refractivity contribution in [2.75, 3.05) is 0 Å². The molecule has 0 unspecified atom stereocenters. The van der Waals surface area contributed by atoms with Crippen LogP contribution in [0, 0.1) is 6.92 Å². The van der Waals surface area contributed by atoms with Crippen LogP contribution in [0.15, 0.2) is 112 Å². The summed E-state index contributed by atoms with van der Waals surface area (Å²) in [4.78, 5) is 14.3. The van der Waals surface area contributed by atoms with Crippen LogP contribution in [-0.4, -0.2) is 14.2 Å². The third-order valence-electron chi connectivity index (χ3n) is 4.80. The maximum absolute atomic E-state index is 12.6. The van der Waals surface area contributed by atoms with E-state index in [1.807, 2.05) is 25.1 Å². The van der Waals surface area contributed by atoms with Crippen molar-refractivity contribution < 1.29 is 17.4 Å².